The molecular weight excluding hydrogens is 218 g/mol. The van der Waals surface area contributed by atoms with Gasteiger partial charge in [0, 0.05) is 6.04 Å². The van der Waals surface area contributed by atoms with E-state index in [-0.39, 0.29) is 0 Å². The van der Waals surface area contributed by atoms with Gasteiger partial charge >= 0.3 is 0 Å². The summed E-state index contributed by atoms with van der Waals surface area (Å²) >= 11 is 0. The Morgan fingerprint density at radius 3 is 2.17 bits per heavy atom. The van der Waals surface area contributed by atoms with Crippen LogP contribution in [0.3, 0.4) is 0 Å². The first-order chi connectivity index (χ1) is 8.67. The molecule has 1 heteroatoms. The van der Waals surface area contributed by atoms with Gasteiger partial charge in [-0.2, -0.15) is 0 Å². The molecule has 0 bridgehead atoms. The first-order valence-corrected chi connectivity index (χ1v) is 8.40. The summed E-state index contributed by atoms with van der Waals surface area (Å²) in [6.07, 6.45) is 11.5. The van der Waals surface area contributed by atoms with Gasteiger partial charge in [0.1, 0.15) is 0 Å². The first kappa shape index (κ1) is 16.0. The minimum absolute atomic E-state index is 0.798. The van der Waals surface area contributed by atoms with E-state index in [1.807, 2.05) is 0 Å². The van der Waals surface area contributed by atoms with Crippen molar-refractivity contribution >= 4 is 0 Å². The quantitative estimate of drug-likeness (QED) is 0.641. The van der Waals surface area contributed by atoms with Crippen LogP contribution in [0.5, 0.6) is 0 Å². The highest BCUT2D eigenvalue weighted by atomic mass is 14.9. The van der Waals surface area contributed by atoms with Crippen LogP contribution < -0.4 is 5.32 Å². The van der Waals surface area contributed by atoms with Crippen LogP contribution in [-0.2, 0) is 0 Å². The molecule has 0 aromatic carbocycles. The predicted molar refractivity (Wildman–Crippen MR) is 81.9 cm³/mol. The molecule has 0 amide bonds. The van der Waals surface area contributed by atoms with E-state index in [0.717, 1.165) is 30.3 Å². The van der Waals surface area contributed by atoms with E-state index in [1.54, 1.807) is 0 Å². The lowest BCUT2D eigenvalue weighted by atomic mass is 9.76. The number of hydrogen-bond acceptors (Lipinski definition) is 1. The third kappa shape index (κ3) is 5.73. The molecule has 1 rings (SSSR count). The van der Waals surface area contributed by atoms with Crippen LogP contribution in [-0.4, -0.2) is 12.6 Å². The minimum Gasteiger partial charge on any atom is -0.314 e. The summed E-state index contributed by atoms with van der Waals surface area (Å²) in [6.45, 7) is 10.4. The summed E-state index contributed by atoms with van der Waals surface area (Å²) in [6, 6.07) is 0.798. The monoisotopic (exact) mass is 253 g/mol. The van der Waals surface area contributed by atoms with Gasteiger partial charge in [-0.05, 0) is 43.6 Å². The zero-order valence-corrected chi connectivity index (χ0v) is 13.2. The first-order valence-electron chi connectivity index (χ1n) is 8.40. The molecule has 0 heterocycles. The molecule has 0 spiro atoms. The molecule has 0 aromatic heterocycles. The molecule has 1 aliphatic rings. The van der Waals surface area contributed by atoms with E-state index in [4.69, 9.17) is 0 Å². The van der Waals surface area contributed by atoms with Crippen molar-refractivity contribution in [1.82, 2.24) is 5.32 Å². The van der Waals surface area contributed by atoms with E-state index in [1.165, 1.54) is 51.4 Å². The lowest BCUT2D eigenvalue weighted by molar-refractivity contribution is 0.209. The number of rotatable bonds is 8. The second-order valence-corrected chi connectivity index (χ2v) is 6.68. The van der Waals surface area contributed by atoms with E-state index in [9.17, 15) is 0 Å². The molecule has 0 saturated heterocycles. The Bertz CT molecular complexity index is 192. The molecular formula is C17H35N. The van der Waals surface area contributed by atoms with Crippen LogP contribution >= 0.6 is 0 Å². The molecule has 18 heavy (non-hydrogen) atoms. The van der Waals surface area contributed by atoms with Gasteiger partial charge in [0.05, 0.1) is 0 Å². The van der Waals surface area contributed by atoms with Gasteiger partial charge in [0.25, 0.3) is 0 Å². The summed E-state index contributed by atoms with van der Waals surface area (Å²) in [5.74, 6) is 2.85. The van der Waals surface area contributed by atoms with Gasteiger partial charge in [-0.15, -0.1) is 0 Å². The van der Waals surface area contributed by atoms with Crippen LogP contribution in [0.15, 0.2) is 0 Å². The van der Waals surface area contributed by atoms with Crippen LogP contribution in [0.25, 0.3) is 0 Å². The van der Waals surface area contributed by atoms with Gasteiger partial charge in [0.2, 0.25) is 0 Å². The molecule has 108 valence electrons. The third-order valence-corrected chi connectivity index (χ3v) is 4.80. The van der Waals surface area contributed by atoms with Gasteiger partial charge < -0.3 is 5.32 Å². The number of nitrogens with one attached hydrogen (secondary N) is 1. The Labute approximate surface area is 115 Å². The van der Waals surface area contributed by atoms with Crippen LogP contribution in [0.2, 0.25) is 0 Å². The van der Waals surface area contributed by atoms with Crippen molar-refractivity contribution in [2.75, 3.05) is 6.54 Å². The van der Waals surface area contributed by atoms with Crippen molar-refractivity contribution < 1.29 is 0 Å². The molecule has 1 N–H and O–H groups in total. The summed E-state index contributed by atoms with van der Waals surface area (Å²) < 4.78 is 0. The zero-order chi connectivity index (χ0) is 13.4. The molecule has 1 fully saturated rings. The van der Waals surface area contributed by atoms with E-state index in [0.29, 0.717) is 0 Å². The Kier molecular flexibility index (Phi) is 7.97. The summed E-state index contributed by atoms with van der Waals surface area (Å²) in [7, 11) is 0. The third-order valence-electron chi connectivity index (χ3n) is 4.80. The molecule has 0 aliphatic heterocycles. The predicted octanol–water partition coefficient (Wildman–Crippen LogP) is 5.01. The van der Waals surface area contributed by atoms with Crippen molar-refractivity contribution in [1.29, 1.82) is 0 Å². The molecule has 1 saturated carbocycles. The van der Waals surface area contributed by atoms with Gasteiger partial charge in [-0.25, -0.2) is 0 Å². The normalized spacial score (nSPS) is 26.5. The maximum absolute atomic E-state index is 3.76. The highest BCUT2D eigenvalue weighted by Gasteiger charge is 2.26. The number of hydrogen-bond donors (Lipinski definition) is 1. The highest BCUT2D eigenvalue weighted by molar-refractivity contribution is 4.81. The van der Waals surface area contributed by atoms with Crippen LogP contribution in [0.4, 0.5) is 0 Å². The largest absolute Gasteiger partial charge is 0.314 e. The van der Waals surface area contributed by atoms with Crippen LogP contribution in [0, 0.1) is 17.8 Å². The fourth-order valence-corrected chi connectivity index (χ4v) is 3.51. The van der Waals surface area contributed by atoms with Crippen molar-refractivity contribution in [2.24, 2.45) is 17.8 Å². The molecule has 1 aliphatic carbocycles. The standard InChI is InChI=1S/C17H35N/c1-5-15-10-12-16(13-11-15)17(18-6-2)9-7-8-14(3)4/h14-18H,5-13H2,1-4H3. The topological polar surface area (TPSA) is 12.0 Å². The molecule has 0 radical (unpaired) electrons. The lowest BCUT2D eigenvalue weighted by Gasteiger charge is -2.34. The smallest absolute Gasteiger partial charge is 0.00952 e. The summed E-state index contributed by atoms with van der Waals surface area (Å²) in [5, 5.41) is 3.76. The Morgan fingerprint density at radius 2 is 1.67 bits per heavy atom. The summed E-state index contributed by atoms with van der Waals surface area (Å²) in [4.78, 5) is 0. The van der Waals surface area contributed by atoms with Crippen molar-refractivity contribution in [3.63, 3.8) is 0 Å². The van der Waals surface area contributed by atoms with E-state index in [2.05, 4.69) is 33.0 Å². The fraction of sp³-hybridized carbons (Fsp3) is 1.00. The Balaban J connectivity index is 2.32. The maximum Gasteiger partial charge on any atom is 0.00952 e. The zero-order valence-electron chi connectivity index (χ0n) is 13.2. The van der Waals surface area contributed by atoms with Gasteiger partial charge in [-0.1, -0.05) is 59.8 Å². The van der Waals surface area contributed by atoms with E-state index >= 15 is 0 Å². The molecule has 1 atom stereocenters. The van der Waals surface area contributed by atoms with Crippen LogP contribution in [0.1, 0.15) is 79.1 Å². The second kappa shape index (κ2) is 8.96. The van der Waals surface area contributed by atoms with Crippen molar-refractivity contribution in [3.05, 3.63) is 0 Å². The molecule has 0 aromatic rings. The average molecular weight is 253 g/mol. The summed E-state index contributed by atoms with van der Waals surface area (Å²) in [5.41, 5.74) is 0. The maximum atomic E-state index is 3.76. The van der Waals surface area contributed by atoms with Crippen molar-refractivity contribution in [3.8, 4) is 0 Å². The van der Waals surface area contributed by atoms with Crippen molar-refractivity contribution in [2.45, 2.75) is 85.1 Å². The lowest BCUT2D eigenvalue weighted by Crippen LogP contribution is -2.38. The van der Waals surface area contributed by atoms with E-state index < -0.39 is 0 Å². The van der Waals surface area contributed by atoms with Gasteiger partial charge in [-0.3, -0.25) is 0 Å². The second-order valence-electron chi connectivity index (χ2n) is 6.68. The Hall–Kier alpha value is -0.0400. The SMILES string of the molecule is CCNC(CCCC(C)C)C1CCC(CC)CC1. The highest BCUT2D eigenvalue weighted by Crippen LogP contribution is 2.33. The fourth-order valence-electron chi connectivity index (χ4n) is 3.51. The minimum atomic E-state index is 0.798. The van der Waals surface area contributed by atoms with Gasteiger partial charge in [0.15, 0.2) is 0 Å². The molecule has 1 nitrogen and oxygen atoms in total. The Morgan fingerprint density at radius 1 is 1.00 bits per heavy atom. The molecule has 1 unspecified atom stereocenters. The average Bonchev–Trinajstić information content (AvgIpc) is 2.37.